The molecule has 0 N–H and O–H groups in total. The Morgan fingerprint density at radius 1 is 1.00 bits per heavy atom. The van der Waals surface area contributed by atoms with Gasteiger partial charge in [-0.25, -0.2) is 4.79 Å². The monoisotopic (exact) mass is 319 g/mol. The topological polar surface area (TPSA) is 44.4 Å². The van der Waals surface area contributed by atoms with Crippen molar-refractivity contribution in [3.05, 3.63) is 82.4 Å². The predicted molar refractivity (Wildman–Crippen MR) is 94.2 cm³/mol. The molecule has 24 heavy (non-hydrogen) atoms. The molecule has 4 rings (SSSR count). The number of hydrogen-bond acceptors (Lipinski definition) is 3. The summed E-state index contributed by atoms with van der Waals surface area (Å²) in [7, 11) is 1.59. The molecule has 4 heteroatoms. The summed E-state index contributed by atoms with van der Waals surface area (Å²) in [6.07, 6.45) is 0. The summed E-state index contributed by atoms with van der Waals surface area (Å²) < 4.78 is 12.6. The van der Waals surface area contributed by atoms with Crippen LogP contribution in [0.1, 0.15) is 11.3 Å². The molecule has 0 atom stereocenters. The standard InChI is InChI=1S/C20H17NO3/c1-23-13-15-11-17-16-9-5-6-10-18(16)21(19(17)20(22)24-15)12-14-7-3-2-4-8-14/h2-11H,12-13H2,1H3. The van der Waals surface area contributed by atoms with Gasteiger partial charge in [0.25, 0.3) is 0 Å². The zero-order chi connectivity index (χ0) is 16.5. The van der Waals surface area contributed by atoms with E-state index in [1.165, 1.54) is 0 Å². The van der Waals surface area contributed by atoms with Crippen LogP contribution in [0.3, 0.4) is 0 Å². The van der Waals surface area contributed by atoms with Crippen molar-refractivity contribution in [3.63, 3.8) is 0 Å². The van der Waals surface area contributed by atoms with Gasteiger partial charge in [0.15, 0.2) is 0 Å². The van der Waals surface area contributed by atoms with E-state index in [1.54, 1.807) is 7.11 Å². The van der Waals surface area contributed by atoms with Crippen LogP contribution in [0, 0.1) is 0 Å². The van der Waals surface area contributed by atoms with Crippen LogP contribution in [0.2, 0.25) is 0 Å². The summed E-state index contributed by atoms with van der Waals surface area (Å²) in [5.74, 6) is 0.539. The second kappa shape index (κ2) is 5.98. The SMILES string of the molecule is COCc1cc2c3ccccc3n(Cc3ccccc3)c2c(=O)o1. The van der Waals surface area contributed by atoms with Crippen LogP contribution in [-0.4, -0.2) is 11.7 Å². The third kappa shape index (κ3) is 2.41. The number of rotatable bonds is 4. The summed E-state index contributed by atoms with van der Waals surface area (Å²) in [5.41, 5.74) is 2.44. The van der Waals surface area contributed by atoms with E-state index < -0.39 is 0 Å². The molecule has 0 saturated carbocycles. The van der Waals surface area contributed by atoms with Crippen molar-refractivity contribution in [1.29, 1.82) is 0 Å². The Morgan fingerprint density at radius 2 is 1.75 bits per heavy atom. The Hall–Kier alpha value is -2.85. The Labute approximate surface area is 138 Å². The highest BCUT2D eigenvalue weighted by Crippen LogP contribution is 2.28. The molecule has 0 saturated heterocycles. The minimum absolute atomic E-state index is 0.281. The molecule has 0 unspecified atom stereocenters. The lowest BCUT2D eigenvalue weighted by Crippen LogP contribution is -2.09. The van der Waals surface area contributed by atoms with Crippen molar-refractivity contribution in [1.82, 2.24) is 4.57 Å². The molecule has 4 aromatic rings. The fraction of sp³-hybridized carbons (Fsp3) is 0.150. The van der Waals surface area contributed by atoms with Crippen molar-refractivity contribution < 1.29 is 9.15 Å². The highest BCUT2D eigenvalue weighted by Gasteiger charge is 2.16. The molecule has 0 spiro atoms. The van der Waals surface area contributed by atoms with E-state index >= 15 is 0 Å². The molecule has 120 valence electrons. The molecule has 0 radical (unpaired) electrons. The van der Waals surface area contributed by atoms with Gasteiger partial charge in [0, 0.05) is 29.9 Å². The largest absolute Gasteiger partial charge is 0.424 e. The van der Waals surface area contributed by atoms with Crippen LogP contribution >= 0.6 is 0 Å². The van der Waals surface area contributed by atoms with Crippen LogP contribution in [-0.2, 0) is 17.9 Å². The highest BCUT2D eigenvalue weighted by molar-refractivity contribution is 6.07. The summed E-state index contributed by atoms with van der Waals surface area (Å²) in [4.78, 5) is 12.6. The van der Waals surface area contributed by atoms with Crippen molar-refractivity contribution >= 4 is 21.8 Å². The number of benzene rings is 2. The van der Waals surface area contributed by atoms with Gasteiger partial charge in [-0.15, -0.1) is 0 Å². The van der Waals surface area contributed by atoms with Gasteiger partial charge in [-0.3, -0.25) is 0 Å². The summed E-state index contributed by atoms with van der Waals surface area (Å²) in [6, 6.07) is 20.1. The van der Waals surface area contributed by atoms with Crippen LogP contribution < -0.4 is 5.63 Å². The van der Waals surface area contributed by atoms with Crippen molar-refractivity contribution in [2.45, 2.75) is 13.2 Å². The Kier molecular flexibility index (Phi) is 3.67. The second-order valence-electron chi connectivity index (χ2n) is 5.78. The minimum atomic E-state index is -0.327. The van der Waals surface area contributed by atoms with Crippen molar-refractivity contribution in [3.8, 4) is 0 Å². The first-order chi connectivity index (χ1) is 11.8. The lowest BCUT2D eigenvalue weighted by molar-refractivity contribution is 0.161. The van der Waals surface area contributed by atoms with Gasteiger partial charge in [0.2, 0.25) is 0 Å². The predicted octanol–water partition coefficient (Wildman–Crippen LogP) is 3.94. The van der Waals surface area contributed by atoms with Gasteiger partial charge in [0.1, 0.15) is 17.9 Å². The fourth-order valence-corrected chi connectivity index (χ4v) is 3.20. The number of fused-ring (bicyclic) bond motifs is 3. The van der Waals surface area contributed by atoms with Gasteiger partial charge in [0.05, 0.1) is 0 Å². The average molecular weight is 319 g/mol. The average Bonchev–Trinajstić information content (AvgIpc) is 2.91. The number of nitrogens with zero attached hydrogens (tertiary/aromatic N) is 1. The number of ether oxygens (including phenoxy) is 1. The van der Waals surface area contributed by atoms with Crippen LogP contribution in [0.5, 0.6) is 0 Å². The molecule has 4 nitrogen and oxygen atoms in total. The van der Waals surface area contributed by atoms with E-state index in [2.05, 4.69) is 12.1 Å². The van der Waals surface area contributed by atoms with Crippen molar-refractivity contribution in [2.24, 2.45) is 0 Å². The van der Waals surface area contributed by atoms with Gasteiger partial charge in [-0.1, -0.05) is 48.5 Å². The molecule has 0 fully saturated rings. The maximum absolute atomic E-state index is 12.6. The molecular formula is C20H17NO3. The molecule has 2 aromatic carbocycles. The van der Waals surface area contributed by atoms with Gasteiger partial charge in [-0.2, -0.15) is 0 Å². The third-order valence-corrected chi connectivity index (χ3v) is 4.20. The first-order valence-electron chi connectivity index (χ1n) is 7.85. The zero-order valence-corrected chi connectivity index (χ0v) is 13.4. The lowest BCUT2D eigenvalue weighted by Gasteiger charge is -2.07. The number of para-hydroxylation sites is 1. The molecule has 2 aromatic heterocycles. The Balaban J connectivity index is 2.02. The molecule has 0 aliphatic heterocycles. The lowest BCUT2D eigenvalue weighted by atomic mass is 10.2. The van der Waals surface area contributed by atoms with E-state index in [9.17, 15) is 4.79 Å². The normalized spacial score (nSPS) is 11.4. The molecule has 0 aliphatic rings. The Morgan fingerprint density at radius 3 is 2.54 bits per heavy atom. The minimum Gasteiger partial charge on any atom is -0.424 e. The van der Waals surface area contributed by atoms with Crippen LogP contribution in [0.4, 0.5) is 0 Å². The molecular weight excluding hydrogens is 302 g/mol. The second-order valence-corrected chi connectivity index (χ2v) is 5.78. The van der Waals surface area contributed by atoms with E-state index in [0.717, 1.165) is 21.9 Å². The summed E-state index contributed by atoms with van der Waals surface area (Å²) >= 11 is 0. The van der Waals surface area contributed by atoms with Gasteiger partial charge < -0.3 is 13.7 Å². The van der Waals surface area contributed by atoms with Gasteiger partial charge >= 0.3 is 5.63 Å². The van der Waals surface area contributed by atoms with Gasteiger partial charge in [-0.05, 0) is 17.7 Å². The first kappa shape index (κ1) is 14.7. The van der Waals surface area contributed by atoms with E-state index in [-0.39, 0.29) is 12.2 Å². The number of aromatic nitrogens is 1. The molecule has 0 amide bonds. The molecule has 2 heterocycles. The molecule has 0 aliphatic carbocycles. The quantitative estimate of drug-likeness (QED) is 0.572. The van der Waals surface area contributed by atoms with E-state index in [4.69, 9.17) is 9.15 Å². The Bertz CT molecular complexity index is 1060. The van der Waals surface area contributed by atoms with Crippen molar-refractivity contribution in [2.75, 3.05) is 7.11 Å². The smallest absolute Gasteiger partial charge is 0.360 e. The molecule has 0 bridgehead atoms. The van der Waals surface area contributed by atoms with E-state index in [1.807, 2.05) is 53.1 Å². The fourth-order valence-electron chi connectivity index (χ4n) is 3.20. The number of hydrogen-bond donors (Lipinski definition) is 0. The first-order valence-corrected chi connectivity index (χ1v) is 7.85. The highest BCUT2D eigenvalue weighted by atomic mass is 16.5. The maximum Gasteiger partial charge on any atom is 0.360 e. The zero-order valence-electron chi connectivity index (χ0n) is 13.4. The van der Waals surface area contributed by atoms with Crippen LogP contribution in [0.15, 0.2) is 69.9 Å². The maximum atomic E-state index is 12.6. The summed E-state index contributed by atoms with van der Waals surface area (Å²) in [5, 5.41) is 1.96. The van der Waals surface area contributed by atoms with E-state index in [0.29, 0.717) is 17.8 Å². The van der Waals surface area contributed by atoms with Crippen LogP contribution in [0.25, 0.3) is 21.8 Å². The third-order valence-electron chi connectivity index (χ3n) is 4.20. The summed E-state index contributed by atoms with van der Waals surface area (Å²) in [6.45, 7) is 0.905. The number of methoxy groups -OCH3 is 1.